The summed E-state index contributed by atoms with van der Waals surface area (Å²) in [5.74, 6) is -0.124. The molecular formula is C16H24N2O4. The number of carboxylic acid groups (broad SMARTS) is 1. The minimum absolute atomic E-state index is 0.105. The van der Waals surface area contributed by atoms with Gasteiger partial charge in [0.25, 0.3) is 0 Å². The third kappa shape index (κ3) is 3.90. The van der Waals surface area contributed by atoms with Crippen LogP contribution in [0.3, 0.4) is 0 Å². The molecule has 0 unspecified atom stereocenters. The highest BCUT2D eigenvalue weighted by Gasteiger charge is 2.33. The molecule has 0 amide bonds. The Balaban J connectivity index is 1.81. The van der Waals surface area contributed by atoms with Crippen LogP contribution in [0, 0.1) is 0 Å². The summed E-state index contributed by atoms with van der Waals surface area (Å²) in [5.41, 5.74) is 0.920. The number of hydrogen-bond donors (Lipinski definition) is 3. The number of methoxy groups -OCH3 is 1. The number of nitrogens with zero attached hydrogens (tertiary/aromatic N) is 1. The van der Waals surface area contributed by atoms with Crippen molar-refractivity contribution in [1.82, 2.24) is 10.2 Å². The van der Waals surface area contributed by atoms with E-state index in [1.54, 1.807) is 19.2 Å². The van der Waals surface area contributed by atoms with Crippen molar-refractivity contribution in [3.05, 3.63) is 23.8 Å². The Morgan fingerprint density at radius 2 is 2.18 bits per heavy atom. The third-order valence-electron chi connectivity index (χ3n) is 4.24. The SMILES string of the molecule is CCN(CC(=O)O)C1CC(NCc2cccc(O)c2OC)C1. The van der Waals surface area contributed by atoms with E-state index in [0.717, 1.165) is 24.9 Å². The molecule has 22 heavy (non-hydrogen) atoms. The van der Waals surface area contributed by atoms with Gasteiger partial charge in [0, 0.05) is 24.2 Å². The van der Waals surface area contributed by atoms with Crippen LogP contribution in [0.5, 0.6) is 11.5 Å². The van der Waals surface area contributed by atoms with Crippen LogP contribution in [0.2, 0.25) is 0 Å². The minimum Gasteiger partial charge on any atom is -0.504 e. The Labute approximate surface area is 130 Å². The Kier molecular flexibility index (Phi) is 5.63. The average Bonchev–Trinajstić information content (AvgIpc) is 2.44. The van der Waals surface area contributed by atoms with Crippen LogP contribution >= 0.6 is 0 Å². The van der Waals surface area contributed by atoms with Crippen LogP contribution < -0.4 is 10.1 Å². The fourth-order valence-corrected chi connectivity index (χ4v) is 2.93. The maximum atomic E-state index is 10.8. The second-order valence-electron chi connectivity index (χ2n) is 5.63. The van der Waals surface area contributed by atoms with Gasteiger partial charge >= 0.3 is 5.97 Å². The van der Waals surface area contributed by atoms with Crippen molar-refractivity contribution in [2.45, 2.75) is 38.4 Å². The van der Waals surface area contributed by atoms with Crippen LogP contribution in [-0.4, -0.2) is 53.4 Å². The second-order valence-corrected chi connectivity index (χ2v) is 5.63. The largest absolute Gasteiger partial charge is 0.504 e. The summed E-state index contributed by atoms with van der Waals surface area (Å²) in [6.45, 7) is 3.47. The van der Waals surface area contributed by atoms with Crippen molar-refractivity contribution in [3.8, 4) is 11.5 Å². The standard InChI is InChI=1S/C16H24N2O4/c1-3-18(10-15(20)21)13-7-12(8-13)17-9-11-5-4-6-14(19)16(11)22-2/h4-6,12-13,17,19H,3,7-10H2,1-2H3,(H,20,21). The lowest BCUT2D eigenvalue weighted by molar-refractivity contribution is -0.139. The number of carboxylic acids is 1. The highest BCUT2D eigenvalue weighted by molar-refractivity contribution is 5.69. The van der Waals surface area contributed by atoms with Crippen molar-refractivity contribution >= 4 is 5.97 Å². The molecule has 6 nitrogen and oxygen atoms in total. The molecule has 6 heteroatoms. The van der Waals surface area contributed by atoms with E-state index in [-0.39, 0.29) is 12.3 Å². The number of ether oxygens (including phenoxy) is 1. The normalized spacial score (nSPS) is 20.7. The van der Waals surface area contributed by atoms with Gasteiger partial charge in [-0.2, -0.15) is 0 Å². The van der Waals surface area contributed by atoms with E-state index in [0.29, 0.717) is 24.4 Å². The number of rotatable bonds is 8. The lowest BCUT2D eigenvalue weighted by Crippen LogP contribution is -2.53. The summed E-state index contributed by atoms with van der Waals surface area (Å²) in [6, 6.07) is 6.03. The molecular weight excluding hydrogens is 284 g/mol. The molecule has 0 aliphatic heterocycles. The zero-order chi connectivity index (χ0) is 16.1. The number of likely N-dealkylation sites (N-methyl/N-ethyl adjacent to an activating group) is 1. The van der Waals surface area contributed by atoms with Crippen LogP contribution in [-0.2, 0) is 11.3 Å². The van der Waals surface area contributed by atoms with Gasteiger partial charge in [0.1, 0.15) is 0 Å². The lowest BCUT2D eigenvalue weighted by atomic mass is 9.85. The molecule has 0 radical (unpaired) electrons. The maximum absolute atomic E-state index is 10.8. The Morgan fingerprint density at radius 3 is 2.77 bits per heavy atom. The second kappa shape index (κ2) is 7.47. The highest BCUT2D eigenvalue weighted by atomic mass is 16.5. The summed E-state index contributed by atoms with van der Waals surface area (Å²) >= 11 is 0. The lowest BCUT2D eigenvalue weighted by Gasteiger charge is -2.42. The fraction of sp³-hybridized carbons (Fsp3) is 0.562. The van der Waals surface area contributed by atoms with Crippen LogP contribution in [0.15, 0.2) is 18.2 Å². The van der Waals surface area contributed by atoms with Crippen LogP contribution in [0.4, 0.5) is 0 Å². The fourth-order valence-electron chi connectivity index (χ4n) is 2.93. The van der Waals surface area contributed by atoms with Crippen molar-refractivity contribution in [3.63, 3.8) is 0 Å². The number of phenolic OH excluding ortho intramolecular Hbond substituents is 1. The molecule has 0 bridgehead atoms. The molecule has 1 aromatic rings. The topological polar surface area (TPSA) is 82.0 Å². The number of para-hydroxylation sites is 1. The number of hydrogen-bond acceptors (Lipinski definition) is 5. The van der Waals surface area contributed by atoms with E-state index in [1.807, 2.05) is 17.9 Å². The van der Waals surface area contributed by atoms with Gasteiger partial charge < -0.3 is 20.3 Å². The van der Waals surface area contributed by atoms with E-state index < -0.39 is 5.97 Å². The summed E-state index contributed by atoms with van der Waals surface area (Å²) < 4.78 is 5.22. The van der Waals surface area contributed by atoms with Crippen molar-refractivity contribution in [2.24, 2.45) is 0 Å². The van der Waals surface area contributed by atoms with Crippen molar-refractivity contribution < 1.29 is 19.7 Å². The first-order valence-electron chi connectivity index (χ1n) is 7.59. The number of benzene rings is 1. The van der Waals surface area contributed by atoms with Crippen molar-refractivity contribution in [1.29, 1.82) is 0 Å². The number of aromatic hydroxyl groups is 1. The van der Waals surface area contributed by atoms with Gasteiger partial charge in [0.05, 0.1) is 13.7 Å². The Morgan fingerprint density at radius 1 is 1.45 bits per heavy atom. The minimum atomic E-state index is -0.775. The van der Waals surface area contributed by atoms with E-state index in [2.05, 4.69) is 5.32 Å². The van der Waals surface area contributed by atoms with Gasteiger partial charge in [0.2, 0.25) is 0 Å². The van der Waals surface area contributed by atoms with Crippen LogP contribution in [0.25, 0.3) is 0 Å². The molecule has 0 aromatic heterocycles. The molecule has 1 fully saturated rings. The summed E-state index contributed by atoms with van der Waals surface area (Å²) in [6.07, 6.45) is 1.89. The third-order valence-corrected chi connectivity index (χ3v) is 4.24. The quantitative estimate of drug-likeness (QED) is 0.674. The molecule has 1 aromatic carbocycles. The van der Waals surface area contributed by atoms with E-state index in [1.165, 1.54) is 0 Å². The van der Waals surface area contributed by atoms with Gasteiger partial charge in [0.15, 0.2) is 11.5 Å². The average molecular weight is 308 g/mol. The van der Waals surface area contributed by atoms with Crippen LogP contribution in [0.1, 0.15) is 25.3 Å². The number of phenols is 1. The zero-order valence-corrected chi connectivity index (χ0v) is 13.1. The molecule has 0 atom stereocenters. The predicted octanol–water partition coefficient (Wildman–Crippen LogP) is 1.43. The molecule has 0 heterocycles. The maximum Gasteiger partial charge on any atom is 0.317 e. The summed E-state index contributed by atoms with van der Waals surface area (Å²) in [4.78, 5) is 12.8. The summed E-state index contributed by atoms with van der Waals surface area (Å²) in [5, 5.41) is 22.1. The first-order chi connectivity index (χ1) is 10.5. The molecule has 0 saturated heterocycles. The van der Waals surface area contributed by atoms with E-state index >= 15 is 0 Å². The molecule has 122 valence electrons. The number of carbonyl (C=O) groups is 1. The Hall–Kier alpha value is -1.79. The molecule has 1 aliphatic rings. The van der Waals surface area contributed by atoms with E-state index in [9.17, 15) is 9.90 Å². The summed E-state index contributed by atoms with van der Waals surface area (Å²) in [7, 11) is 1.54. The molecule has 1 saturated carbocycles. The molecule has 0 spiro atoms. The first kappa shape index (κ1) is 16.6. The highest BCUT2D eigenvalue weighted by Crippen LogP contribution is 2.31. The Bertz CT molecular complexity index is 515. The zero-order valence-electron chi connectivity index (χ0n) is 13.1. The molecule has 3 N–H and O–H groups in total. The van der Waals surface area contributed by atoms with Gasteiger partial charge in [-0.15, -0.1) is 0 Å². The van der Waals surface area contributed by atoms with E-state index in [4.69, 9.17) is 9.84 Å². The molecule has 1 aliphatic carbocycles. The first-order valence-corrected chi connectivity index (χ1v) is 7.59. The van der Waals surface area contributed by atoms with Gasteiger partial charge in [-0.05, 0) is 25.5 Å². The van der Waals surface area contributed by atoms with Gasteiger partial charge in [-0.3, -0.25) is 9.69 Å². The smallest absolute Gasteiger partial charge is 0.317 e. The number of nitrogens with one attached hydrogen (secondary N) is 1. The predicted molar refractivity (Wildman–Crippen MR) is 83.2 cm³/mol. The van der Waals surface area contributed by atoms with Crippen molar-refractivity contribution in [2.75, 3.05) is 20.2 Å². The van der Waals surface area contributed by atoms with Gasteiger partial charge in [-0.25, -0.2) is 0 Å². The monoisotopic (exact) mass is 308 g/mol. The van der Waals surface area contributed by atoms with Gasteiger partial charge in [-0.1, -0.05) is 19.1 Å². The number of aliphatic carboxylic acids is 1. The molecule has 2 rings (SSSR count).